The Kier molecular flexibility index (Phi) is 5.66. The second-order valence-electron chi connectivity index (χ2n) is 6.11. The van der Waals surface area contributed by atoms with Gasteiger partial charge in [0.15, 0.2) is 0 Å². The number of β-amino-alcohol motifs (C(OH)–C–C–N with tert-alkyl or cyclic N) is 1. The molecule has 0 aromatic heterocycles. The molecule has 3 atom stereocenters. The van der Waals surface area contributed by atoms with Crippen molar-refractivity contribution in [2.45, 2.75) is 32.3 Å². The molecule has 2 rings (SSSR count). The number of methoxy groups -OCH3 is 1. The first-order valence-electron chi connectivity index (χ1n) is 7.86. The highest BCUT2D eigenvalue weighted by Crippen LogP contribution is 2.25. The number of hydrogen-bond donors (Lipinski definition) is 2. The summed E-state index contributed by atoms with van der Waals surface area (Å²) in [7, 11) is 1.65. The number of aliphatic hydroxyl groups is 1. The van der Waals surface area contributed by atoms with Gasteiger partial charge in [0.2, 0.25) is 0 Å². The lowest BCUT2D eigenvalue weighted by Crippen LogP contribution is -2.50. The average molecular weight is 306 g/mol. The number of likely N-dealkylation sites (tertiary alicyclic amines) is 1. The molecule has 0 bridgehead atoms. The molecule has 1 saturated heterocycles. The number of benzene rings is 1. The summed E-state index contributed by atoms with van der Waals surface area (Å²) in [6, 6.07) is 7.74. The minimum Gasteiger partial charge on any atom is -0.496 e. The highest BCUT2D eigenvalue weighted by Gasteiger charge is 2.27. The number of aliphatic hydroxyl groups excluding tert-OH is 1. The van der Waals surface area contributed by atoms with Crippen LogP contribution in [-0.2, 0) is 0 Å². The monoisotopic (exact) mass is 306 g/mol. The van der Waals surface area contributed by atoms with Crippen molar-refractivity contribution in [2.24, 2.45) is 5.92 Å². The van der Waals surface area contributed by atoms with E-state index in [1.807, 2.05) is 31.2 Å². The lowest BCUT2D eigenvalue weighted by Gasteiger charge is -2.34. The van der Waals surface area contributed by atoms with E-state index in [9.17, 15) is 9.90 Å². The maximum absolute atomic E-state index is 12.2. The van der Waals surface area contributed by atoms with Gasteiger partial charge in [0, 0.05) is 25.6 Å². The van der Waals surface area contributed by atoms with Crippen molar-refractivity contribution in [1.82, 2.24) is 10.2 Å². The standard InChI is InChI=1S/C17H26N2O3/c1-12-8-9-19(11-15(12)20)17(21)18-10-13(2)14-6-4-5-7-16(14)22-3/h4-7,12-13,15,20H,8-11H2,1-3H3,(H,18,21). The van der Waals surface area contributed by atoms with Crippen LogP contribution in [0.4, 0.5) is 4.79 Å². The molecule has 1 heterocycles. The summed E-state index contributed by atoms with van der Waals surface area (Å²) < 4.78 is 5.36. The Labute approximate surface area is 132 Å². The Hall–Kier alpha value is -1.75. The van der Waals surface area contributed by atoms with E-state index in [1.165, 1.54) is 0 Å². The van der Waals surface area contributed by atoms with E-state index in [-0.39, 0.29) is 17.9 Å². The van der Waals surface area contributed by atoms with Gasteiger partial charge >= 0.3 is 6.03 Å². The number of rotatable bonds is 4. The molecule has 22 heavy (non-hydrogen) atoms. The third-order valence-electron chi connectivity index (χ3n) is 4.44. The Morgan fingerprint density at radius 2 is 2.23 bits per heavy atom. The van der Waals surface area contributed by atoms with Crippen LogP contribution >= 0.6 is 0 Å². The third kappa shape index (κ3) is 3.91. The molecule has 1 fully saturated rings. The number of para-hydroxylation sites is 1. The quantitative estimate of drug-likeness (QED) is 0.896. The van der Waals surface area contributed by atoms with E-state index in [4.69, 9.17) is 4.74 Å². The summed E-state index contributed by atoms with van der Waals surface area (Å²) in [6.45, 7) is 5.74. The number of piperidine rings is 1. The summed E-state index contributed by atoms with van der Waals surface area (Å²) in [5.74, 6) is 1.26. The fourth-order valence-electron chi connectivity index (χ4n) is 2.77. The minimum absolute atomic E-state index is 0.104. The van der Waals surface area contributed by atoms with E-state index in [0.29, 0.717) is 19.6 Å². The number of carbonyl (C=O) groups excluding carboxylic acids is 1. The van der Waals surface area contributed by atoms with E-state index in [0.717, 1.165) is 17.7 Å². The highest BCUT2D eigenvalue weighted by atomic mass is 16.5. The summed E-state index contributed by atoms with van der Waals surface area (Å²) >= 11 is 0. The van der Waals surface area contributed by atoms with E-state index in [1.54, 1.807) is 12.0 Å². The van der Waals surface area contributed by atoms with Crippen molar-refractivity contribution >= 4 is 6.03 Å². The Morgan fingerprint density at radius 3 is 2.91 bits per heavy atom. The van der Waals surface area contributed by atoms with Crippen molar-refractivity contribution in [1.29, 1.82) is 0 Å². The molecular weight excluding hydrogens is 280 g/mol. The molecule has 5 heteroatoms. The molecule has 0 saturated carbocycles. The lowest BCUT2D eigenvalue weighted by molar-refractivity contribution is 0.0435. The number of hydrogen-bond acceptors (Lipinski definition) is 3. The number of carbonyl (C=O) groups is 1. The van der Waals surface area contributed by atoms with Gasteiger partial charge in [-0.2, -0.15) is 0 Å². The van der Waals surface area contributed by atoms with Gasteiger partial charge in [-0.05, 0) is 24.0 Å². The molecule has 1 aromatic rings. The molecule has 2 N–H and O–H groups in total. The van der Waals surface area contributed by atoms with Crippen LogP contribution in [0.2, 0.25) is 0 Å². The summed E-state index contributed by atoms with van der Waals surface area (Å²) in [4.78, 5) is 13.9. The van der Waals surface area contributed by atoms with Gasteiger partial charge in [-0.3, -0.25) is 0 Å². The number of nitrogens with zero attached hydrogens (tertiary/aromatic N) is 1. The van der Waals surface area contributed by atoms with Gasteiger partial charge in [-0.15, -0.1) is 0 Å². The van der Waals surface area contributed by atoms with Gasteiger partial charge in [-0.1, -0.05) is 32.0 Å². The largest absolute Gasteiger partial charge is 0.496 e. The maximum atomic E-state index is 12.2. The number of amides is 2. The average Bonchev–Trinajstić information content (AvgIpc) is 2.54. The zero-order chi connectivity index (χ0) is 16.1. The molecule has 1 aliphatic rings. The van der Waals surface area contributed by atoms with E-state index >= 15 is 0 Å². The Balaban J connectivity index is 1.88. The summed E-state index contributed by atoms with van der Waals surface area (Å²) in [6.07, 6.45) is 0.419. The fourth-order valence-corrected chi connectivity index (χ4v) is 2.77. The number of nitrogens with one attached hydrogen (secondary N) is 1. The van der Waals surface area contributed by atoms with Crippen LogP contribution in [0.3, 0.4) is 0 Å². The smallest absolute Gasteiger partial charge is 0.317 e. The Bertz CT molecular complexity index is 506. The van der Waals surface area contributed by atoms with Crippen molar-refractivity contribution in [2.75, 3.05) is 26.7 Å². The fraction of sp³-hybridized carbons (Fsp3) is 0.588. The molecule has 1 aliphatic heterocycles. The minimum atomic E-state index is -0.425. The van der Waals surface area contributed by atoms with Crippen molar-refractivity contribution in [3.8, 4) is 5.75 Å². The second-order valence-corrected chi connectivity index (χ2v) is 6.11. The topological polar surface area (TPSA) is 61.8 Å². The molecule has 0 radical (unpaired) electrons. The van der Waals surface area contributed by atoms with Crippen LogP contribution in [0.1, 0.15) is 31.7 Å². The molecule has 0 aliphatic carbocycles. The van der Waals surface area contributed by atoms with Gasteiger partial charge in [0.25, 0.3) is 0 Å². The molecule has 1 aromatic carbocycles. The van der Waals surface area contributed by atoms with Crippen LogP contribution in [0.25, 0.3) is 0 Å². The van der Waals surface area contributed by atoms with Crippen molar-refractivity contribution < 1.29 is 14.6 Å². The zero-order valence-corrected chi connectivity index (χ0v) is 13.6. The molecule has 5 nitrogen and oxygen atoms in total. The van der Waals surface area contributed by atoms with Gasteiger partial charge in [-0.25, -0.2) is 4.79 Å². The highest BCUT2D eigenvalue weighted by molar-refractivity contribution is 5.74. The van der Waals surface area contributed by atoms with Crippen LogP contribution in [0.15, 0.2) is 24.3 Å². The predicted molar refractivity (Wildman–Crippen MR) is 86.2 cm³/mol. The van der Waals surface area contributed by atoms with Crippen LogP contribution in [-0.4, -0.2) is 48.9 Å². The third-order valence-corrected chi connectivity index (χ3v) is 4.44. The molecule has 122 valence electrons. The SMILES string of the molecule is COc1ccccc1C(C)CNC(=O)N1CCC(C)C(O)C1. The summed E-state index contributed by atoms with van der Waals surface area (Å²) in [5.41, 5.74) is 1.08. The predicted octanol–water partition coefficient (Wildman–Crippen LogP) is 2.21. The second kappa shape index (κ2) is 7.49. The van der Waals surface area contributed by atoms with Crippen LogP contribution in [0.5, 0.6) is 5.75 Å². The number of ether oxygens (including phenoxy) is 1. The number of urea groups is 1. The molecule has 2 amide bonds. The van der Waals surface area contributed by atoms with Crippen molar-refractivity contribution in [3.63, 3.8) is 0 Å². The van der Waals surface area contributed by atoms with Gasteiger partial charge in [0.05, 0.1) is 13.2 Å². The first-order chi connectivity index (χ1) is 10.5. The van der Waals surface area contributed by atoms with E-state index < -0.39 is 6.10 Å². The first-order valence-corrected chi connectivity index (χ1v) is 7.86. The molecular formula is C17H26N2O3. The first kappa shape index (κ1) is 16.6. The van der Waals surface area contributed by atoms with Gasteiger partial charge < -0.3 is 20.1 Å². The van der Waals surface area contributed by atoms with Crippen LogP contribution < -0.4 is 10.1 Å². The van der Waals surface area contributed by atoms with Gasteiger partial charge in [0.1, 0.15) is 5.75 Å². The van der Waals surface area contributed by atoms with E-state index in [2.05, 4.69) is 12.2 Å². The Morgan fingerprint density at radius 1 is 1.50 bits per heavy atom. The zero-order valence-electron chi connectivity index (χ0n) is 13.6. The maximum Gasteiger partial charge on any atom is 0.317 e. The molecule has 0 spiro atoms. The van der Waals surface area contributed by atoms with Crippen molar-refractivity contribution in [3.05, 3.63) is 29.8 Å². The normalized spacial score (nSPS) is 23.0. The van der Waals surface area contributed by atoms with Crippen LogP contribution in [0, 0.1) is 5.92 Å². The molecule has 3 unspecified atom stereocenters. The lowest BCUT2D eigenvalue weighted by atomic mass is 9.96. The summed E-state index contributed by atoms with van der Waals surface area (Å²) in [5, 5.41) is 12.8.